The van der Waals surface area contributed by atoms with E-state index in [2.05, 4.69) is 37.2 Å². The second-order valence-corrected chi connectivity index (χ2v) is 9.36. The highest BCUT2D eigenvalue weighted by Gasteiger charge is 2.31. The quantitative estimate of drug-likeness (QED) is 0.599. The number of carbonyl (C=O) groups excluding carboxylic acids is 1. The fraction of sp³-hybridized carbons (Fsp3) is 0.577. The minimum Gasteiger partial charge on any atom is -0.367 e. The molecule has 0 aromatic carbocycles. The fourth-order valence-corrected chi connectivity index (χ4v) is 4.59. The lowest BCUT2D eigenvalue weighted by Crippen LogP contribution is -2.47. The molecule has 0 bridgehead atoms. The fourth-order valence-electron chi connectivity index (χ4n) is 4.59. The summed E-state index contributed by atoms with van der Waals surface area (Å²) in [6, 6.07) is 6.65. The van der Waals surface area contributed by atoms with E-state index in [1.54, 1.807) is 0 Å². The number of nitrogens with zero attached hydrogens (tertiary/aromatic N) is 5. The van der Waals surface area contributed by atoms with E-state index in [1.807, 2.05) is 18.0 Å². The van der Waals surface area contributed by atoms with Gasteiger partial charge in [0.25, 0.3) is 0 Å². The van der Waals surface area contributed by atoms with Crippen molar-refractivity contribution in [1.29, 1.82) is 0 Å². The third-order valence-electron chi connectivity index (χ3n) is 6.75. The number of piperidine rings is 1. The SMILES string of the molecule is C.Cc1ccc(N2CCN(CCCC(=O)N3CCC(Nc4ccc(C(F)(F)F)cn4)CC3)CC2)nc1. The van der Waals surface area contributed by atoms with E-state index in [0.717, 1.165) is 75.6 Å². The van der Waals surface area contributed by atoms with Gasteiger partial charge >= 0.3 is 6.18 Å². The number of alkyl halides is 3. The minimum absolute atomic E-state index is 0. The van der Waals surface area contributed by atoms with Gasteiger partial charge in [0.1, 0.15) is 11.6 Å². The number of anilines is 2. The molecule has 36 heavy (non-hydrogen) atoms. The van der Waals surface area contributed by atoms with Crippen LogP contribution in [0.2, 0.25) is 0 Å². The Bertz CT molecular complexity index is 951. The monoisotopic (exact) mass is 506 g/mol. The van der Waals surface area contributed by atoms with Gasteiger partial charge in [0.05, 0.1) is 5.56 Å². The average Bonchev–Trinajstić information content (AvgIpc) is 2.85. The number of hydrogen-bond acceptors (Lipinski definition) is 6. The van der Waals surface area contributed by atoms with Crippen molar-refractivity contribution in [3.8, 4) is 0 Å². The first kappa shape index (κ1) is 27.7. The van der Waals surface area contributed by atoms with Crippen LogP contribution in [0.5, 0.6) is 0 Å². The summed E-state index contributed by atoms with van der Waals surface area (Å²) in [5.74, 6) is 1.64. The molecule has 2 aliphatic heterocycles. The number of aryl methyl sites for hydroxylation is 1. The molecule has 1 N–H and O–H groups in total. The molecule has 2 aromatic rings. The summed E-state index contributed by atoms with van der Waals surface area (Å²) in [6.07, 6.45) is 1.25. The van der Waals surface area contributed by atoms with Gasteiger partial charge in [-0.25, -0.2) is 9.97 Å². The lowest BCUT2D eigenvalue weighted by Gasteiger charge is -2.35. The van der Waals surface area contributed by atoms with Crippen molar-refractivity contribution >= 4 is 17.5 Å². The van der Waals surface area contributed by atoms with Gasteiger partial charge in [0, 0.05) is 64.1 Å². The molecule has 7 nitrogen and oxygen atoms in total. The highest BCUT2D eigenvalue weighted by molar-refractivity contribution is 5.76. The van der Waals surface area contributed by atoms with Gasteiger partial charge in [0.15, 0.2) is 0 Å². The molecule has 4 heterocycles. The second-order valence-electron chi connectivity index (χ2n) is 9.36. The number of amides is 1. The molecule has 2 aromatic heterocycles. The van der Waals surface area contributed by atoms with E-state index in [1.165, 1.54) is 6.07 Å². The summed E-state index contributed by atoms with van der Waals surface area (Å²) in [5, 5.41) is 3.19. The highest BCUT2D eigenvalue weighted by Crippen LogP contribution is 2.29. The molecule has 0 spiro atoms. The number of carbonyl (C=O) groups is 1. The van der Waals surface area contributed by atoms with Crippen molar-refractivity contribution in [2.24, 2.45) is 0 Å². The number of hydrogen-bond donors (Lipinski definition) is 1. The van der Waals surface area contributed by atoms with Crippen LogP contribution in [-0.4, -0.2) is 77.5 Å². The zero-order valence-corrected chi connectivity index (χ0v) is 20.1. The first-order chi connectivity index (χ1) is 16.8. The Labute approximate surface area is 211 Å². The predicted molar refractivity (Wildman–Crippen MR) is 136 cm³/mol. The Hall–Kier alpha value is -2.88. The van der Waals surface area contributed by atoms with Crippen LogP contribution in [0.25, 0.3) is 0 Å². The molecule has 0 atom stereocenters. The summed E-state index contributed by atoms with van der Waals surface area (Å²) < 4.78 is 38.0. The number of nitrogens with one attached hydrogen (secondary N) is 1. The lowest BCUT2D eigenvalue weighted by atomic mass is 10.0. The first-order valence-electron chi connectivity index (χ1n) is 12.3. The van der Waals surface area contributed by atoms with Crippen LogP contribution in [0.4, 0.5) is 24.8 Å². The zero-order valence-electron chi connectivity index (χ0n) is 20.1. The van der Waals surface area contributed by atoms with E-state index in [4.69, 9.17) is 0 Å². The number of likely N-dealkylation sites (tertiary alicyclic amines) is 1. The topological polar surface area (TPSA) is 64.6 Å². The zero-order chi connectivity index (χ0) is 24.8. The molecule has 10 heteroatoms. The number of halogens is 3. The van der Waals surface area contributed by atoms with E-state index in [0.29, 0.717) is 25.3 Å². The van der Waals surface area contributed by atoms with Gasteiger partial charge in [-0.2, -0.15) is 13.2 Å². The van der Waals surface area contributed by atoms with Crippen LogP contribution in [0.3, 0.4) is 0 Å². The van der Waals surface area contributed by atoms with E-state index >= 15 is 0 Å². The second kappa shape index (κ2) is 12.4. The molecule has 2 saturated heterocycles. The molecule has 2 aliphatic rings. The molecule has 0 unspecified atom stereocenters. The lowest BCUT2D eigenvalue weighted by molar-refractivity contribution is -0.137. The van der Waals surface area contributed by atoms with Gasteiger partial charge in [-0.15, -0.1) is 0 Å². The van der Waals surface area contributed by atoms with Crippen LogP contribution in [-0.2, 0) is 11.0 Å². The predicted octanol–water partition coefficient (Wildman–Crippen LogP) is 4.45. The van der Waals surface area contributed by atoms with E-state index < -0.39 is 11.7 Å². The molecule has 2 fully saturated rings. The van der Waals surface area contributed by atoms with Crippen molar-refractivity contribution in [3.63, 3.8) is 0 Å². The van der Waals surface area contributed by atoms with Crippen LogP contribution in [0.15, 0.2) is 36.7 Å². The largest absolute Gasteiger partial charge is 0.417 e. The number of pyridine rings is 2. The summed E-state index contributed by atoms with van der Waals surface area (Å²) in [7, 11) is 0. The Balaban J connectivity index is 0.00000361. The molecule has 1 amide bonds. The Morgan fingerprint density at radius 2 is 1.72 bits per heavy atom. The van der Waals surface area contributed by atoms with Crippen LogP contribution in [0, 0.1) is 6.92 Å². The number of piperazine rings is 1. The van der Waals surface area contributed by atoms with Crippen LogP contribution < -0.4 is 10.2 Å². The molecular weight excluding hydrogens is 469 g/mol. The number of rotatable bonds is 7. The van der Waals surface area contributed by atoms with Crippen molar-refractivity contribution in [1.82, 2.24) is 19.8 Å². The first-order valence-corrected chi connectivity index (χ1v) is 12.3. The highest BCUT2D eigenvalue weighted by atomic mass is 19.4. The average molecular weight is 507 g/mol. The van der Waals surface area contributed by atoms with Crippen LogP contribution in [0.1, 0.15) is 44.2 Å². The molecule has 0 radical (unpaired) electrons. The molecule has 198 valence electrons. The van der Waals surface area contributed by atoms with Gasteiger partial charge in [-0.3, -0.25) is 9.69 Å². The van der Waals surface area contributed by atoms with Crippen molar-refractivity contribution in [2.45, 2.75) is 52.3 Å². The standard InChI is InChI=1S/C25H33F3N6O.CH4/c1-19-4-7-23(30-17-19)33-15-13-32(14-16-33)10-2-3-24(35)34-11-8-21(9-12-34)31-22-6-5-20(18-29-22)25(26,27)28;/h4-7,17-18,21H,2-3,8-16H2,1H3,(H,29,31);1H4. The summed E-state index contributed by atoms with van der Waals surface area (Å²) in [4.78, 5) is 27.7. The molecule has 0 aliphatic carbocycles. The Morgan fingerprint density at radius 3 is 2.31 bits per heavy atom. The maximum Gasteiger partial charge on any atom is 0.417 e. The number of aromatic nitrogens is 2. The molecule has 0 saturated carbocycles. The van der Waals surface area contributed by atoms with E-state index in [9.17, 15) is 18.0 Å². The van der Waals surface area contributed by atoms with Crippen LogP contribution >= 0.6 is 0 Å². The minimum atomic E-state index is -4.38. The third kappa shape index (κ3) is 7.56. The Morgan fingerprint density at radius 1 is 1.00 bits per heavy atom. The van der Waals surface area contributed by atoms with Gasteiger partial charge in [-0.1, -0.05) is 13.5 Å². The summed E-state index contributed by atoms with van der Waals surface area (Å²) in [6.45, 7) is 8.08. The summed E-state index contributed by atoms with van der Waals surface area (Å²) >= 11 is 0. The normalized spacial score (nSPS) is 17.6. The van der Waals surface area contributed by atoms with Crippen molar-refractivity contribution in [2.75, 3.05) is 56.0 Å². The van der Waals surface area contributed by atoms with E-state index in [-0.39, 0.29) is 19.4 Å². The Kier molecular flexibility index (Phi) is 9.53. The van der Waals surface area contributed by atoms with Crippen molar-refractivity contribution in [3.05, 3.63) is 47.8 Å². The maximum absolute atomic E-state index is 12.7. The smallest absolute Gasteiger partial charge is 0.367 e. The molecule has 4 rings (SSSR count). The summed E-state index contributed by atoms with van der Waals surface area (Å²) in [5.41, 5.74) is 0.405. The molecular formula is C26H37F3N6O. The van der Waals surface area contributed by atoms with Gasteiger partial charge < -0.3 is 15.1 Å². The van der Waals surface area contributed by atoms with Gasteiger partial charge in [-0.05, 0) is 56.5 Å². The third-order valence-corrected chi connectivity index (χ3v) is 6.75. The maximum atomic E-state index is 12.7. The van der Waals surface area contributed by atoms with Crippen molar-refractivity contribution < 1.29 is 18.0 Å². The van der Waals surface area contributed by atoms with Gasteiger partial charge in [0.2, 0.25) is 5.91 Å².